The first kappa shape index (κ1) is 10.2. The molecular formula is C10H17N5. The maximum Gasteiger partial charge on any atom is 0.145 e. The van der Waals surface area contributed by atoms with Gasteiger partial charge in [0, 0.05) is 11.6 Å². The lowest BCUT2D eigenvalue weighted by Crippen LogP contribution is -2.44. The van der Waals surface area contributed by atoms with Crippen LogP contribution in [0.2, 0.25) is 0 Å². The fourth-order valence-corrected chi connectivity index (χ4v) is 1.95. The molecule has 1 heterocycles. The summed E-state index contributed by atoms with van der Waals surface area (Å²) in [6.07, 6.45) is 6.38. The zero-order valence-corrected chi connectivity index (χ0v) is 8.95. The van der Waals surface area contributed by atoms with Crippen molar-refractivity contribution in [2.45, 2.75) is 38.1 Å². The smallest absolute Gasteiger partial charge is 0.145 e. The standard InChI is InChI=1S/C10H17N5/c1-2-10(4-3-5-10)14-8-6-9(15-11)13-7-12-8/h6-7H,2-5,11H2,1H3,(H2,12,13,14,15). The van der Waals surface area contributed by atoms with Crippen LogP contribution in [0.25, 0.3) is 0 Å². The maximum absolute atomic E-state index is 5.29. The van der Waals surface area contributed by atoms with Crippen LogP contribution in [0.5, 0.6) is 0 Å². The third kappa shape index (κ3) is 2.02. The Balaban J connectivity index is 2.09. The lowest BCUT2D eigenvalue weighted by atomic mass is 9.75. The molecule has 0 atom stereocenters. The largest absolute Gasteiger partial charge is 0.364 e. The van der Waals surface area contributed by atoms with E-state index in [1.54, 1.807) is 0 Å². The number of anilines is 2. The number of nitrogens with two attached hydrogens (primary N) is 1. The summed E-state index contributed by atoms with van der Waals surface area (Å²) in [5, 5.41) is 3.47. The molecule has 0 aliphatic heterocycles. The molecule has 1 saturated carbocycles. The minimum absolute atomic E-state index is 0.250. The summed E-state index contributed by atoms with van der Waals surface area (Å²) < 4.78 is 0. The van der Waals surface area contributed by atoms with Gasteiger partial charge in [-0.15, -0.1) is 0 Å². The topological polar surface area (TPSA) is 75.9 Å². The fraction of sp³-hybridized carbons (Fsp3) is 0.600. The van der Waals surface area contributed by atoms with Crippen molar-refractivity contribution >= 4 is 11.6 Å². The minimum Gasteiger partial charge on any atom is -0.364 e. The van der Waals surface area contributed by atoms with Crippen LogP contribution in [-0.2, 0) is 0 Å². The molecule has 1 aromatic rings. The Morgan fingerprint density at radius 3 is 2.67 bits per heavy atom. The van der Waals surface area contributed by atoms with Crippen molar-refractivity contribution in [2.24, 2.45) is 5.84 Å². The summed E-state index contributed by atoms with van der Waals surface area (Å²) >= 11 is 0. The first-order chi connectivity index (χ1) is 7.28. The normalized spacial score (nSPS) is 18.0. The fourth-order valence-electron chi connectivity index (χ4n) is 1.95. The van der Waals surface area contributed by atoms with E-state index >= 15 is 0 Å². The predicted octanol–water partition coefficient (Wildman–Crippen LogP) is 1.51. The second-order valence-electron chi connectivity index (χ2n) is 4.05. The third-order valence-electron chi connectivity index (χ3n) is 3.20. The second kappa shape index (κ2) is 4.02. The molecule has 1 aromatic heterocycles. The van der Waals surface area contributed by atoms with Crippen molar-refractivity contribution in [2.75, 3.05) is 10.7 Å². The molecule has 0 saturated heterocycles. The monoisotopic (exact) mass is 207 g/mol. The van der Waals surface area contributed by atoms with Crippen molar-refractivity contribution in [3.63, 3.8) is 0 Å². The highest BCUT2D eigenvalue weighted by Gasteiger charge is 2.35. The van der Waals surface area contributed by atoms with Crippen molar-refractivity contribution in [3.05, 3.63) is 12.4 Å². The molecule has 5 nitrogen and oxygen atoms in total. The number of nitrogens with zero attached hydrogens (tertiary/aromatic N) is 2. The molecular weight excluding hydrogens is 190 g/mol. The Labute approximate surface area is 89.5 Å². The Morgan fingerprint density at radius 2 is 2.13 bits per heavy atom. The number of hydrogen-bond acceptors (Lipinski definition) is 5. The minimum atomic E-state index is 0.250. The van der Waals surface area contributed by atoms with Gasteiger partial charge < -0.3 is 10.7 Å². The average Bonchev–Trinajstić information content (AvgIpc) is 2.24. The van der Waals surface area contributed by atoms with Crippen molar-refractivity contribution < 1.29 is 0 Å². The van der Waals surface area contributed by atoms with Crippen molar-refractivity contribution in [1.29, 1.82) is 0 Å². The molecule has 4 N–H and O–H groups in total. The SMILES string of the molecule is CCC1(Nc2cc(NN)ncn2)CCC1. The Bertz CT molecular complexity index is 329. The van der Waals surface area contributed by atoms with E-state index in [1.807, 2.05) is 6.07 Å². The molecule has 0 unspecified atom stereocenters. The van der Waals surface area contributed by atoms with Crippen LogP contribution in [0.4, 0.5) is 11.6 Å². The van der Waals surface area contributed by atoms with E-state index in [0.29, 0.717) is 5.82 Å². The summed E-state index contributed by atoms with van der Waals surface area (Å²) in [5.74, 6) is 6.78. The molecule has 82 valence electrons. The van der Waals surface area contributed by atoms with E-state index in [9.17, 15) is 0 Å². The second-order valence-corrected chi connectivity index (χ2v) is 4.05. The lowest BCUT2D eigenvalue weighted by Gasteiger charge is -2.42. The molecule has 1 fully saturated rings. The number of nitrogen functional groups attached to an aromatic ring is 1. The van der Waals surface area contributed by atoms with Gasteiger partial charge >= 0.3 is 0 Å². The molecule has 0 aromatic carbocycles. The van der Waals surface area contributed by atoms with Crippen LogP contribution < -0.4 is 16.6 Å². The van der Waals surface area contributed by atoms with Crippen LogP contribution in [0.1, 0.15) is 32.6 Å². The zero-order chi connectivity index (χ0) is 10.7. The van der Waals surface area contributed by atoms with Gasteiger partial charge in [-0.05, 0) is 25.7 Å². The first-order valence-electron chi connectivity index (χ1n) is 5.35. The quantitative estimate of drug-likeness (QED) is 0.515. The molecule has 0 radical (unpaired) electrons. The van der Waals surface area contributed by atoms with Gasteiger partial charge in [-0.2, -0.15) is 0 Å². The highest BCUT2D eigenvalue weighted by molar-refractivity contribution is 5.47. The van der Waals surface area contributed by atoms with E-state index in [2.05, 4.69) is 27.6 Å². The number of nitrogens with one attached hydrogen (secondary N) is 2. The molecule has 1 aliphatic rings. The van der Waals surface area contributed by atoms with Crippen molar-refractivity contribution in [1.82, 2.24) is 9.97 Å². The average molecular weight is 207 g/mol. The van der Waals surface area contributed by atoms with Crippen LogP contribution >= 0.6 is 0 Å². The van der Waals surface area contributed by atoms with Gasteiger partial charge in [0.1, 0.15) is 18.0 Å². The molecule has 2 rings (SSSR count). The Morgan fingerprint density at radius 1 is 1.40 bits per heavy atom. The molecule has 0 bridgehead atoms. The van der Waals surface area contributed by atoms with E-state index < -0.39 is 0 Å². The summed E-state index contributed by atoms with van der Waals surface area (Å²) in [7, 11) is 0. The van der Waals surface area contributed by atoms with Crippen LogP contribution in [0, 0.1) is 0 Å². The van der Waals surface area contributed by atoms with E-state index in [-0.39, 0.29) is 5.54 Å². The summed E-state index contributed by atoms with van der Waals surface area (Å²) in [6.45, 7) is 2.20. The van der Waals surface area contributed by atoms with Crippen LogP contribution in [0.3, 0.4) is 0 Å². The lowest BCUT2D eigenvalue weighted by molar-refractivity contribution is 0.269. The van der Waals surface area contributed by atoms with E-state index in [0.717, 1.165) is 12.2 Å². The predicted molar refractivity (Wildman–Crippen MR) is 60.3 cm³/mol. The summed E-state index contributed by atoms with van der Waals surface area (Å²) in [6, 6.07) is 1.83. The van der Waals surface area contributed by atoms with Crippen LogP contribution in [0.15, 0.2) is 12.4 Å². The Kier molecular flexibility index (Phi) is 2.73. The van der Waals surface area contributed by atoms with Gasteiger partial charge in [0.2, 0.25) is 0 Å². The molecule has 0 amide bonds. The number of hydrazine groups is 1. The number of hydrogen-bond donors (Lipinski definition) is 3. The zero-order valence-electron chi connectivity index (χ0n) is 8.95. The van der Waals surface area contributed by atoms with Crippen LogP contribution in [-0.4, -0.2) is 15.5 Å². The summed E-state index contributed by atoms with van der Waals surface area (Å²) in [4.78, 5) is 8.15. The van der Waals surface area contributed by atoms with Gasteiger partial charge in [-0.1, -0.05) is 6.92 Å². The van der Waals surface area contributed by atoms with E-state index in [1.165, 1.54) is 25.6 Å². The molecule has 0 spiro atoms. The molecule has 5 heteroatoms. The number of rotatable bonds is 4. The van der Waals surface area contributed by atoms with Gasteiger partial charge in [0.15, 0.2) is 0 Å². The Hall–Kier alpha value is -1.36. The number of aromatic nitrogens is 2. The molecule has 15 heavy (non-hydrogen) atoms. The maximum atomic E-state index is 5.29. The van der Waals surface area contributed by atoms with Gasteiger partial charge in [-0.25, -0.2) is 15.8 Å². The summed E-state index contributed by atoms with van der Waals surface area (Å²) in [5.41, 5.74) is 2.77. The van der Waals surface area contributed by atoms with Gasteiger partial charge in [0.05, 0.1) is 0 Å². The highest BCUT2D eigenvalue weighted by Crippen LogP contribution is 2.37. The molecule has 1 aliphatic carbocycles. The highest BCUT2D eigenvalue weighted by atomic mass is 15.3. The third-order valence-corrected chi connectivity index (χ3v) is 3.20. The van der Waals surface area contributed by atoms with Gasteiger partial charge in [-0.3, -0.25) is 0 Å². The van der Waals surface area contributed by atoms with E-state index in [4.69, 9.17) is 5.84 Å². The van der Waals surface area contributed by atoms with Gasteiger partial charge in [0.25, 0.3) is 0 Å². The first-order valence-corrected chi connectivity index (χ1v) is 5.35. The van der Waals surface area contributed by atoms with Crippen molar-refractivity contribution in [3.8, 4) is 0 Å².